The maximum Gasteiger partial charge on any atom is 0.165 e. The molecule has 0 radical (unpaired) electrons. The van der Waals surface area contributed by atoms with Crippen LogP contribution in [-0.4, -0.2) is 14.2 Å². The van der Waals surface area contributed by atoms with Crippen LogP contribution in [0, 0.1) is 5.82 Å². The molecule has 2 rings (SSSR count). The van der Waals surface area contributed by atoms with Gasteiger partial charge in [0, 0.05) is 18.2 Å². The molecule has 0 spiro atoms. The van der Waals surface area contributed by atoms with Crippen molar-refractivity contribution in [3.05, 3.63) is 59.4 Å². The van der Waals surface area contributed by atoms with Gasteiger partial charge in [-0.05, 0) is 30.7 Å². The SMILES string of the molecule is COc1ccc(CNC(C)c2ccccc2OC)cc1F. The predicted octanol–water partition coefficient (Wildman–Crippen LogP) is 3.69. The highest BCUT2D eigenvalue weighted by molar-refractivity contribution is 5.35. The van der Waals surface area contributed by atoms with Gasteiger partial charge in [0.15, 0.2) is 11.6 Å². The first-order chi connectivity index (χ1) is 10.2. The molecule has 2 aromatic carbocycles. The summed E-state index contributed by atoms with van der Waals surface area (Å²) < 4.78 is 23.9. The third-order valence-electron chi connectivity index (χ3n) is 3.43. The van der Waals surface area contributed by atoms with E-state index in [1.165, 1.54) is 13.2 Å². The molecule has 3 nitrogen and oxygen atoms in total. The monoisotopic (exact) mass is 289 g/mol. The van der Waals surface area contributed by atoms with E-state index in [2.05, 4.69) is 12.2 Å². The highest BCUT2D eigenvalue weighted by atomic mass is 19.1. The van der Waals surface area contributed by atoms with Crippen LogP contribution < -0.4 is 14.8 Å². The van der Waals surface area contributed by atoms with Crippen molar-refractivity contribution in [2.45, 2.75) is 19.5 Å². The molecule has 1 atom stereocenters. The third kappa shape index (κ3) is 3.73. The van der Waals surface area contributed by atoms with Crippen molar-refractivity contribution in [3.63, 3.8) is 0 Å². The third-order valence-corrected chi connectivity index (χ3v) is 3.43. The van der Waals surface area contributed by atoms with Gasteiger partial charge in [-0.25, -0.2) is 4.39 Å². The van der Waals surface area contributed by atoms with E-state index in [-0.39, 0.29) is 17.6 Å². The number of benzene rings is 2. The average molecular weight is 289 g/mol. The molecule has 0 amide bonds. The number of para-hydroxylation sites is 1. The van der Waals surface area contributed by atoms with Crippen LogP contribution in [0.15, 0.2) is 42.5 Å². The highest BCUT2D eigenvalue weighted by Crippen LogP contribution is 2.25. The zero-order valence-corrected chi connectivity index (χ0v) is 12.5. The molecule has 1 N–H and O–H groups in total. The van der Waals surface area contributed by atoms with E-state index in [4.69, 9.17) is 9.47 Å². The Labute approximate surface area is 124 Å². The molecule has 0 aliphatic rings. The van der Waals surface area contributed by atoms with Crippen LogP contribution in [0.4, 0.5) is 4.39 Å². The molecule has 0 saturated heterocycles. The van der Waals surface area contributed by atoms with Crippen molar-refractivity contribution >= 4 is 0 Å². The zero-order chi connectivity index (χ0) is 15.2. The maximum atomic E-state index is 13.6. The molecule has 0 aliphatic carbocycles. The molecular weight excluding hydrogens is 269 g/mol. The first-order valence-corrected chi connectivity index (χ1v) is 6.84. The first-order valence-electron chi connectivity index (χ1n) is 6.84. The van der Waals surface area contributed by atoms with Gasteiger partial charge in [-0.1, -0.05) is 24.3 Å². The Kier molecular flexibility index (Phi) is 5.17. The second kappa shape index (κ2) is 7.09. The van der Waals surface area contributed by atoms with E-state index in [0.717, 1.165) is 16.9 Å². The average Bonchev–Trinajstić information content (AvgIpc) is 2.52. The molecule has 0 bridgehead atoms. The maximum absolute atomic E-state index is 13.6. The van der Waals surface area contributed by atoms with Gasteiger partial charge in [0.25, 0.3) is 0 Å². The molecule has 1 unspecified atom stereocenters. The number of rotatable bonds is 6. The van der Waals surface area contributed by atoms with Gasteiger partial charge in [0.05, 0.1) is 14.2 Å². The number of halogens is 1. The van der Waals surface area contributed by atoms with Gasteiger partial charge in [-0.2, -0.15) is 0 Å². The van der Waals surface area contributed by atoms with Gasteiger partial charge >= 0.3 is 0 Å². The lowest BCUT2D eigenvalue weighted by molar-refractivity contribution is 0.385. The summed E-state index contributed by atoms with van der Waals surface area (Å²) in [5.74, 6) is 0.761. The fraction of sp³-hybridized carbons (Fsp3) is 0.294. The fourth-order valence-corrected chi connectivity index (χ4v) is 2.22. The van der Waals surface area contributed by atoms with E-state index in [9.17, 15) is 4.39 Å². The molecule has 0 aromatic heterocycles. The molecule has 0 heterocycles. The quantitative estimate of drug-likeness (QED) is 0.879. The summed E-state index contributed by atoms with van der Waals surface area (Å²) in [4.78, 5) is 0. The Morgan fingerprint density at radius 3 is 2.43 bits per heavy atom. The molecule has 0 fully saturated rings. The van der Waals surface area contributed by atoms with E-state index in [1.807, 2.05) is 30.3 Å². The normalized spacial score (nSPS) is 12.0. The predicted molar refractivity (Wildman–Crippen MR) is 81.2 cm³/mol. The van der Waals surface area contributed by atoms with Crippen molar-refractivity contribution in [3.8, 4) is 11.5 Å². The smallest absolute Gasteiger partial charge is 0.165 e. The van der Waals surface area contributed by atoms with Crippen LogP contribution in [0.2, 0.25) is 0 Å². The van der Waals surface area contributed by atoms with Crippen molar-refractivity contribution in [1.29, 1.82) is 0 Å². The summed E-state index contributed by atoms with van der Waals surface area (Å²) in [7, 11) is 3.12. The van der Waals surface area contributed by atoms with Crippen LogP contribution >= 0.6 is 0 Å². The van der Waals surface area contributed by atoms with Crippen LogP contribution in [0.3, 0.4) is 0 Å². The lowest BCUT2D eigenvalue weighted by Gasteiger charge is -2.17. The Bertz CT molecular complexity index is 601. The van der Waals surface area contributed by atoms with E-state index in [1.54, 1.807) is 13.2 Å². The van der Waals surface area contributed by atoms with Gasteiger partial charge in [-0.15, -0.1) is 0 Å². The van der Waals surface area contributed by atoms with Crippen LogP contribution in [0.5, 0.6) is 11.5 Å². The van der Waals surface area contributed by atoms with Gasteiger partial charge in [0.2, 0.25) is 0 Å². The Morgan fingerprint density at radius 1 is 1.05 bits per heavy atom. The van der Waals surface area contributed by atoms with Gasteiger partial charge < -0.3 is 14.8 Å². The molecule has 21 heavy (non-hydrogen) atoms. The van der Waals surface area contributed by atoms with Crippen molar-refractivity contribution in [2.24, 2.45) is 0 Å². The topological polar surface area (TPSA) is 30.5 Å². The van der Waals surface area contributed by atoms with Gasteiger partial charge in [0.1, 0.15) is 5.75 Å². The summed E-state index contributed by atoms with van der Waals surface area (Å²) in [6.07, 6.45) is 0. The van der Waals surface area contributed by atoms with E-state index >= 15 is 0 Å². The minimum absolute atomic E-state index is 0.103. The van der Waals surface area contributed by atoms with Crippen molar-refractivity contribution in [2.75, 3.05) is 14.2 Å². The lowest BCUT2D eigenvalue weighted by Crippen LogP contribution is -2.18. The summed E-state index contributed by atoms with van der Waals surface area (Å²) in [5.41, 5.74) is 1.95. The second-order valence-corrected chi connectivity index (χ2v) is 4.81. The van der Waals surface area contributed by atoms with Crippen LogP contribution in [-0.2, 0) is 6.54 Å². The lowest BCUT2D eigenvalue weighted by atomic mass is 10.1. The van der Waals surface area contributed by atoms with E-state index < -0.39 is 0 Å². The second-order valence-electron chi connectivity index (χ2n) is 4.81. The number of nitrogens with one attached hydrogen (secondary N) is 1. The summed E-state index contributed by atoms with van der Waals surface area (Å²) in [6, 6.07) is 12.9. The molecule has 4 heteroatoms. The van der Waals surface area contributed by atoms with E-state index in [0.29, 0.717) is 6.54 Å². The number of ether oxygens (including phenoxy) is 2. The summed E-state index contributed by atoms with van der Waals surface area (Å²) in [6.45, 7) is 2.62. The highest BCUT2D eigenvalue weighted by Gasteiger charge is 2.10. The molecule has 0 saturated carbocycles. The molecule has 0 aliphatic heterocycles. The first kappa shape index (κ1) is 15.3. The Balaban J connectivity index is 2.04. The van der Waals surface area contributed by atoms with Crippen molar-refractivity contribution < 1.29 is 13.9 Å². The molecule has 2 aromatic rings. The minimum atomic E-state index is -0.346. The standard InChI is InChI=1S/C17H20FNO2/c1-12(14-6-4-5-7-16(14)20-2)19-11-13-8-9-17(21-3)15(18)10-13/h4-10,12,19H,11H2,1-3H3. The Morgan fingerprint density at radius 2 is 1.76 bits per heavy atom. The summed E-state index contributed by atoms with van der Waals surface area (Å²) >= 11 is 0. The zero-order valence-electron chi connectivity index (χ0n) is 12.5. The Hall–Kier alpha value is -2.07. The molecular formula is C17H20FNO2. The number of methoxy groups -OCH3 is 2. The minimum Gasteiger partial charge on any atom is -0.496 e. The van der Waals surface area contributed by atoms with Gasteiger partial charge in [-0.3, -0.25) is 0 Å². The van der Waals surface area contributed by atoms with Crippen molar-refractivity contribution in [1.82, 2.24) is 5.32 Å². The van der Waals surface area contributed by atoms with Crippen LogP contribution in [0.1, 0.15) is 24.1 Å². The molecule has 112 valence electrons. The number of hydrogen-bond donors (Lipinski definition) is 1. The largest absolute Gasteiger partial charge is 0.496 e. The fourth-order valence-electron chi connectivity index (χ4n) is 2.22. The number of hydrogen-bond acceptors (Lipinski definition) is 3. The van der Waals surface area contributed by atoms with Crippen LogP contribution in [0.25, 0.3) is 0 Å². The summed E-state index contributed by atoms with van der Waals surface area (Å²) in [5, 5.41) is 3.37.